The summed E-state index contributed by atoms with van der Waals surface area (Å²) >= 11 is 0. The lowest BCUT2D eigenvalue weighted by Crippen LogP contribution is -2.26. The Morgan fingerprint density at radius 1 is 1.35 bits per heavy atom. The van der Waals surface area contributed by atoms with E-state index >= 15 is 0 Å². The van der Waals surface area contributed by atoms with Crippen molar-refractivity contribution in [1.29, 1.82) is 0 Å². The molecule has 20 heavy (non-hydrogen) atoms. The van der Waals surface area contributed by atoms with Gasteiger partial charge in [-0.15, -0.1) is 0 Å². The van der Waals surface area contributed by atoms with Crippen LogP contribution in [0.5, 0.6) is 0 Å². The third-order valence-electron chi connectivity index (χ3n) is 3.61. The molecule has 1 N–H and O–H groups in total. The van der Waals surface area contributed by atoms with Gasteiger partial charge in [-0.05, 0) is 55.8 Å². The molecule has 0 spiro atoms. The topological polar surface area (TPSA) is 28.4 Å². The molecule has 1 aromatic carbocycles. The molecule has 0 atom stereocenters. The second-order valence-corrected chi connectivity index (χ2v) is 5.24. The first kappa shape index (κ1) is 13.2. The quantitative estimate of drug-likeness (QED) is 0.876. The first-order valence-corrected chi connectivity index (χ1v) is 7.00. The number of hydrogen-bond acceptors (Lipinski definition) is 3. The average Bonchev–Trinajstić information content (AvgIpc) is 3.15. The monoisotopic (exact) mass is 274 g/mol. The van der Waals surface area contributed by atoms with Crippen LogP contribution in [0.25, 0.3) is 0 Å². The zero-order valence-corrected chi connectivity index (χ0v) is 11.6. The van der Waals surface area contributed by atoms with Crippen molar-refractivity contribution < 1.29 is 8.81 Å². The lowest BCUT2D eigenvalue weighted by molar-refractivity contribution is 0.500. The van der Waals surface area contributed by atoms with Crippen molar-refractivity contribution in [2.75, 3.05) is 11.9 Å². The van der Waals surface area contributed by atoms with E-state index in [1.165, 1.54) is 18.9 Å². The Morgan fingerprint density at radius 2 is 2.20 bits per heavy atom. The van der Waals surface area contributed by atoms with Crippen LogP contribution in [0.3, 0.4) is 0 Å². The number of halogens is 1. The summed E-state index contributed by atoms with van der Waals surface area (Å²) in [5, 5.41) is 3.11. The molecule has 1 aromatic heterocycles. The van der Waals surface area contributed by atoms with Gasteiger partial charge in [0.15, 0.2) is 0 Å². The Morgan fingerprint density at radius 3 is 2.85 bits per heavy atom. The van der Waals surface area contributed by atoms with Crippen molar-refractivity contribution in [2.45, 2.75) is 32.0 Å². The molecule has 3 nitrogen and oxygen atoms in total. The van der Waals surface area contributed by atoms with Crippen LogP contribution in [0, 0.1) is 5.82 Å². The Hall–Kier alpha value is -1.81. The number of furan rings is 1. The summed E-state index contributed by atoms with van der Waals surface area (Å²) in [5.41, 5.74) is 2.09. The SMILES string of the molecule is CNCc1cc(F)ccc1N(Cc1ccco1)C1CC1. The second-order valence-electron chi connectivity index (χ2n) is 5.24. The first-order chi connectivity index (χ1) is 9.78. The number of anilines is 1. The minimum atomic E-state index is -0.187. The van der Waals surface area contributed by atoms with E-state index in [-0.39, 0.29) is 5.82 Å². The molecule has 0 radical (unpaired) electrons. The van der Waals surface area contributed by atoms with Crippen molar-refractivity contribution in [2.24, 2.45) is 0 Å². The molecule has 4 heteroatoms. The molecule has 0 unspecified atom stereocenters. The third-order valence-corrected chi connectivity index (χ3v) is 3.61. The molecule has 0 saturated heterocycles. The van der Waals surface area contributed by atoms with Gasteiger partial charge in [-0.2, -0.15) is 0 Å². The Bertz CT molecular complexity index is 564. The molecule has 0 aliphatic heterocycles. The van der Waals surface area contributed by atoms with Crippen LogP contribution < -0.4 is 10.2 Å². The van der Waals surface area contributed by atoms with Crippen LogP contribution in [0.15, 0.2) is 41.0 Å². The molecular formula is C16H19FN2O. The number of hydrogen-bond donors (Lipinski definition) is 1. The molecule has 3 rings (SSSR count). The maximum absolute atomic E-state index is 13.5. The molecule has 2 aromatic rings. The molecule has 1 aliphatic carbocycles. The summed E-state index contributed by atoms with van der Waals surface area (Å²) in [7, 11) is 1.88. The molecule has 1 aliphatic rings. The highest BCUT2D eigenvalue weighted by Crippen LogP contribution is 2.35. The number of nitrogens with one attached hydrogen (secondary N) is 1. The number of benzene rings is 1. The van der Waals surface area contributed by atoms with E-state index in [1.807, 2.05) is 25.2 Å². The lowest BCUT2D eigenvalue weighted by atomic mass is 10.1. The van der Waals surface area contributed by atoms with Crippen LogP contribution in [0.1, 0.15) is 24.2 Å². The van der Waals surface area contributed by atoms with Gasteiger partial charge in [0, 0.05) is 18.3 Å². The number of rotatable bonds is 6. The predicted octanol–water partition coefficient (Wildman–Crippen LogP) is 3.31. The molecular weight excluding hydrogens is 255 g/mol. The van der Waals surface area contributed by atoms with E-state index in [1.54, 1.807) is 12.3 Å². The van der Waals surface area contributed by atoms with Crippen LogP contribution in [-0.4, -0.2) is 13.1 Å². The summed E-state index contributed by atoms with van der Waals surface area (Å²) < 4.78 is 18.9. The summed E-state index contributed by atoms with van der Waals surface area (Å²) in [6, 6.07) is 9.45. The zero-order chi connectivity index (χ0) is 13.9. The molecule has 106 valence electrons. The molecule has 1 fully saturated rings. The van der Waals surface area contributed by atoms with Gasteiger partial charge in [-0.25, -0.2) is 4.39 Å². The smallest absolute Gasteiger partial charge is 0.123 e. The van der Waals surface area contributed by atoms with E-state index in [0.717, 1.165) is 23.6 Å². The van der Waals surface area contributed by atoms with Crippen molar-refractivity contribution in [3.63, 3.8) is 0 Å². The van der Waals surface area contributed by atoms with E-state index in [2.05, 4.69) is 10.2 Å². The summed E-state index contributed by atoms with van der Waals surface area (Å²) in [4.78, 5) is 2.32. The lowest BCUT2D eigenvalue weighted by Gasteiger charge is -2.26. The standard InChI is InChI=1S/C16H19FN2O/c1-18-10-12-9-13(17)4-7-16(12)19(14-5-6-14)11-15-3-2-8-20-15/h2-4,7-9,14,18H,5-6,10-11H2,1H3. The fourth-order valence-corrected chi connectivity index (χ4v) is 2.53. The largest absolute Gasteiger partial charge is 0.467 e. The first-order valence-electron chi connectivity index (χ1n) is 7.00. The normalized spacial score (nSPS) is 14.5. The average molecular weight is 274 g/mol. The zero-order valence-electron chi connectivity index (χ0n) is 11.6. The maximum Gasteiger partial charge on any atom is 0.123 e. The van der Waals surface area contributed by atoms with Crippen molar-refractivity contribution in [3.8, 4) is 0 Å². The molecule has 1 heterocycles. The Labute approximate surface area is 118 Å². The highest BCUT2D eigenvalue weighted by Gasteiger charge is 2.31. The van der Waals surface area contributed by atoms with Gasteiger partial charge in [0.2, 0.25) is 0 Å². The van der Waals surface area contributed by atoms with Gasteiger partial charge < -0.3 is 14.6 Å². The van der Waals surface area contributed by atoms with Crippen LogP contribution in [0.4, 0.5) is 10.1 Å². The predicted molar refractivity (Wildman–Crippen MR) is 77.1 cm³/mol. The summed E-state index contributed by atoms with van der Waals surface area (Å²) in [5.74, 6) is 0.754. The van der Waals surface area contributed by atoms with Crippen LogP contribution >= 0.6 is 0 Å². The van der Waals surface area contributed by atoms with Gasteiger partial charge in [-0.1, -0.05) is 0 Å². The minimum absolute atomic E-state index is 0.187. The van der Waals surface area contributed by atoms with Gasteiger partial charge in [0.1, 0.15) is 11.6 Å². The highest BCUT2D eigenvalue weighted by molar-refractivity contribution is 5.55. The summed E-state index contributed by atoms with van der Waals surface area (Å²) in [6.45, 7) is 1.40. The van der Waals surface area contributed by atoms with E-state index in [4.69, 9.17) is 4.42 Å². The summed E-state index contributed by atoms with van der Waals surface area (Å²) in [6.07, 6.45) is 4.08. The Balaban J connectivity index is 1.90. The molecule has 0 amide bonds. The van der Waals surface area contributed by atoms with E-state index < -0.39 is 0 Å². The van der Waals surface area contributed by atoms with E-state index in [9.17, 15) is 4.39 Å². The fraction of sp³-hybridized carbons (Fsp3) is 0.375. The van der Waals surface area contributed by atoms with Gasteiger partial charge in [0.05, 0.1) is 12.8 Å². The highest BCUT2D eigenvalue weighted by atomic mass is 19.1. The Kier molecular flexibility index (Phi) is 3.74. The van der Waals surface area contributed by atoms with Crippen molar-refractivity contribution >= 4 is 5.69 Å². The molecule has 0 bridgehead atoms. The van der Waals surface area contributed by atoms with Crippen molar-refractivity contribution in [1.82, 2.24) is 5.32 Å². The van der Waals surface area contributed by atoms with Crippen LogP contribution in [0.2, 0.25) is 0 Å². The van der Waals surface area contributed by atoms with Gasteiger partial charge in [0.25, 0.3) is 0 Å². The van der Waals surface area contributed by atoms with E-state index in [0.29, 0.717) is 12.6 Å². The maximum atomic E-state index is 13.5. The fourth-order valence-electron chi connectivity index (χ4n) is 2.53. The second kappa shape index (κ2) is 5.67. The van der Waals surface area contributed by atoms with Crippen molar-refractivity contribution in [3.05, 3.63) is 53.7 Å². The minimum Gasteiger partial charge on any atom is -0.467 e. The van der Waals surface area contributed by atoms with Gasteiger partial charge >= 0.3 is 0 Å². The number of nitrogens with zero attached hydrogens (tertiary/aromatic N) is 1. The van der Waals surface area contributed by atoms with Gasteiger partial charge in [-0.3, -0.25) is 0 Å². The molecule has 1 saturated carbocycles. The van der Waals surface area contributed by atoms with Crippen LogP contribution in [-0.2, 0) is 13.1 Å². The third kappa shape index (κ3) is 2.85.